The Balaban J connectivity index is 2.23. The van der Waals surface area contributed by atoms with Crippen LogP contribution in [0.15, 0.2) is 57.5 Å². The summed E-state index contributed by atoms with van der Waals surface area (Å²) in [7, 11) is 4.27. The quantitative estimate of drug-likeness (QED) is 0.608. The smallest absolute Gasteiger partial charge is 0.0218 e. The lowest BCUT2D eigenvalue weighted by Crippen LogP contribution is -2.17. The highest BCUT2D eigenvalue weighted by molar-refractivity contribution is 9.11. The van der Waals surface area contributed by atoms with Crippen LogP contribution in [0, 0.1) is 0 Å². The van der Waals surface area contributed by atoms with E-state index < -0.39 is 0 Å². The Morgan fingerprint density at radius 2 is 1.52 bits per heavy atom. The van der Waals surface area contributed by atoms with Gasteiger partial charge in [-0.05, 0) is 62.7 Å². The number of rotatable bonds is 6. The normalized spacial score (nSPS) is 12.6. The maximum absolute atomic E-state index is 3.69. The third kappa shape index (κ3) is 4.94. The standard InChI is InChI=1S/C18H21Br2N/c1-21(2)12-11-15(14-7-4-3-5-8-14)13-16-17(19)9-6-10-18(16)20/h3-10,15H,11-13H2,1-2H3. The number of hydrogen-bond donors (Lipinski definition) is 0. The minimum Gasteiger partial charge on any atom is -0.309 e. The summed E-state index contributed by atoms with van der Waals surface area (Å²) >= 11 is 7.38. The molecule has 0 aliphatic heterocycles. The molecule has 0 saturated heterocycles. The van der Waals surface area contributed by atoms with Crippen LogP contribution < -0.4 is 0 Å². The zero-order chi connectivity index (χ0) is 15.2. The van der Waals surface area contributed by atoms with E-state index in [0.717, 1.165) is 19.4 Å². The topological polar surface area (TPSA) is 3.24 Å². The third-order valence-corrected chi connectivity index (χ3v) is 5.19. The van der Waals surface area contributed by atoms with Crippen molar-refractivity contribution < 1.29 is 0 Å². The van der Waals surface area contributed by atoms with Gasteiger partial charge in [-0.3, -0.25) is 0 Å². The fourth-order valence-electron chi connectivity index (χ4n) is 2.50. The monoisotopic (exact) mass is 409 g/mol. The molecule has 2 aromatic rings. The molecule has 1 atom stereocenters. The SMILES string of the molecule is CN(C)CCC(Cc1c(Br)cccc1Br)c1ccccc1. The van der Waals surface area contributed by atoms with Gasteiger partial charge in [0.05, 0.1) is 0 Å². The van der Waals surface area contributed by atoms with Gasteiger partial charge in [0.1, 0.15) is 0 Å². The van der Waals surface area contributed by atoms with E-state index in [-0.39, 0.29) is 0 Å². The van der Waals surface area contributed by atoms with Gasteiger partial charge < -0.3 is 4.90 Å². The Hall–Kier alpha value is -0.640. The maximum atomic E-state index is 3.69. The van der Waals surface area contributed by atoms with Gasteiger partial charge in [-0.15, -0.1) is 0 Å². The Kier molecular flexibility index (Phi) is 6.46. The summed E-state index contributed by atoms with van der Waals surface area (Å²) < 4.78 is 2.37. The average molecular weight is 411 g/mol. The summed E-state index contributed by atoms with van der Waals surface area (Å²) in [6, 6.07) is 17.1. The van der Waals surface area contributed by atoms with Crippen molar-refractivity contribution in [3.8, 4) is 0 Å². The summed E-state index contributed by atoms with van der Waals surface area (Å²) in [6.07, 6.45) is 2.20. The summed E-state index contributed by atoms with van der Waals surface area (Å²) in [4.78, 5) is 2.25. The molecular formula is C18H21Br2N. The minimum absolute atomic E-state index is 0.531. The number of halogens is 2. The van der Waals surface area contributed by atoms with Gasteiger partial charge in [0.15, 0.2) is 0 Å². The van der Waals surface area contributed by atoms with Gasteiger partial charge in [0, 0.05) is 8.95 Å². The molecule has 0 fully saturated rings. The Morgan fingerprint density at radius 3 is 2.10 bits per heavy atom. The molecule has 0 amide bonds. The second kappa shape index (κ2) is 8.11. The molecule has 0 spiro atoms. The third-order valence-electron chi connectivity index (χ3n) is 3.71. The molecule has 0 aliphatic rings. The molecule has 112 valence electrons. The van der Waals surface area contributed by atoms with Gasteiger partial charge in [0.2, 0.25) is 0 Å². The first kappa shape index (κ1) is 16.7. The fraction of sp³-hybridized carbons (Fsp3) is 0.333. The summed E-state index contributed by atoms with van der Waals surface area (Å²) in [5, 5.41) is 0. The van der Waals surface area contributed by atoms with Crippen LogP contribution in [0.4, 0.5) is 0 Å². The highest BCUT2D eigenvalue weighted by atomic mass is 79.9. The van der Waals surface area contributed by atoms with Gasteiger partial charge >= 0.3 is 0 Å². The molecule has 2 aromatic carbocycles. The minimum atomic E-state index is 0.531. The van der Waals surface area contributed by atoms with Crippen LogP contribution >= 0.6 is 31.9 Å². The molecule has 1 unspecified atom stereocenters. The summed E-state index contributed by atoms with van der Waals surface area (Å²) in [5.74, 6) is 0.531. The lowest BCUT2D eigenvalue weighted by molar-refractivity contribution is 0.379. The number of hydrogen-bond acceptors (Lipinski definition) is 1. The van der Waals surface area contributed by atoms with Crippen molar-refractivity contribution in [1.82, 2.24) is 4.90 Å². The summed E-state index contributed by atoms with van der Waals surface area (Å²) in [6.45, 7) is 1.10. The van der Waals surface area contributed by atoms with Gasteiger partial charge in [-0.1, -0.05) is 68.3 Å². The lowest BCUT2D eigenvalue weighted by Gasteiger charge is -2.21. The van der Waals surface area contributed by atoms with Crippen LogP contribution in [-0.4, -0.2) is 25.5 Å². The Bertz CT molecular complexity index is 546. The van der Waals surface area contributed by atoms with E-state index in [2.05, 4.69) is 99.4 Å². The zero-order valence-corrected chi connectivity index (χ0v) is 15.7. The zero-order valence-electron chi connectivity index (χ0n) is 12.5. The van der Waals surface area contributed by atoms with Crippen molar-refractivity contribution in [1.29, 1.82) is 0 Å². The molecule has 0 heterocycles. The van der Waals surface area contributed by atoms with Crippen LogP contribution in [0.2, 0.25) is 0 Å². The molecule has 21 heavy (non-hydrogen) atoms. The predicted molar refractivity (Wildman–Crippen MR) is 97.9 cm³/mol. The van der Waals surface area contributed by atoms with Crippen molar-refractivity contribution in [2.75, 3.05) is 20.6 Å². The highest BCUT2D eigenvalue weighted by Gasteiger charge is 2.16. The van der Waals surface area contributed by atoms with E-state index in [1.165, 1.54) is 20.1 Å². The van der Waals surface area contributed by atoms with Gasteiger partial charge in [-0.2, -0.15) is 0 Å². The van der Waals surface area contributed by atoms with Gasteiger partial charge in [-0.25, -0.2) is 0 Å². The maximum Gasteiger partial charge on any atom is 0.0218 e. The van der Waals surface area contributed by atoms with E-state index in [4.69, 9.17) is 0 Å². The predicted octanol–water partition coefficient (Wildman–Crippen LogP) is 5.49. The number of benzene rings is 2. The van der Waals surface area contributed by atoms with Crippen molar-refractivity contribution >= 4 is 31.9 Å². The molecule has 3 heteroatoms. The Labute approximate surface area is 144 Å². The fourth-order valence-corrected chi connectivity index (χ4v) is 3.82. The Morgan fingerprint density at radius 1 is 0.905 bits per heavy atom. The first-order valence-electron chi connectivity index (χ1n) is 7.20. The van der Waals surface area contributed by atoms with E-state index in [1.54, 1.807) is 0 Å². The largest absolute Gasteiger partial charge is 0.309 e. The van der Waals surface area contributed by atoms with E-state index in [0.29, 0.717) is 5.92 Å². The first-order chi connectivity index (χ1) is 10.1. The molecule has 2 rings (SSSR count). The second-order valence-corrected chi connectivity index (χ2v) is 7.31. The molecule has 0 radical (unpaired) electrons. The average Bonchev–Trinajstić information content (AvgIpc) is 2.47. The number of nitrogens with zero attached hydrogens (tertiary/aromatic N) is 1. The van der Waals surface area contributed by atoms with Crippen molar-refractivity contribution in [3.05, 3.63) is 68.6 Å². The molecule has 0 bridgehead atoms. The van der Waals surface area contributed by atoms with Crippen molar-refractivity contribution in [3.63, 3.8) is 0 Å². The molecule has 1 nitrogen and oxygen atoms in total. The van der Waals surface area contributed by atoms with Crippen LogP contribution in [0.1, 0.15) is 23.5 Å². The second-order valence-electron chi connectivity index (χ2n) is 5.60. The molecule has 0 aliphatic carbocycles. The molecule has 0 saturated carbocycles. The van der Waals surface area contributed by atoms with Crippen LogP contribution in [0.25, 0.3) is 0 Å². The van der Waals surface area contributed by atoms with Crippen molar-refractivity contribution in [2.45, 2.75) is 18.8 Å². The lowest BCUT2D eigenvalue weighted by atomic mass is 9.89. The van der Waals surface area contributed by atoms with Crippen LogP contribution in [0.5, 0.6) is 0 Å². The molecule has 0 aromatic heterocycles. The van der Waals surface area contributed by atoms with Crippen LogP contribution in [-0.2, 0) is 6.42 Å². The van der Waals surface area contributed by atoms with E-state index >= 15 is 0 Å². The first-order valence-corrected chi connectivity index (χ1v) is 8.79. The van der Waals surface area contributed by atoms with Gasteiger partial charge in [0.25, 0.3) is 0 Å². The summed E-state index contributed by atoms with van der Waals surface area (Å²) in [5.41, 5.74) is 2.77. The van der Waals surface area contributed by atoms with E-state index in [9.17, 15) is 0 Å². The molecule has 0 N–H and O–H groups in total. The molecular weight excluding hydrogens is 390 g/mol. The van der Waals surface area contributed by atoms with Crippen LogP contribution in [0.3, 0.4) is 0 Å². The van der Waals surface area contributed by atoms with E-state index in [1.807, 2.05) is 0 Å². The van der Waals surface area contributed by atoms with Crippen molar-refractivity contribution in [2.24, 2.45) is 0 Å². The highest BCUT2D eigenvalue weighted by Crippen LogP contribution is 2.32.